The fourth-order valence-corrected chi connectivity index (χ4v) is 1.69. The van der Waals surface area contributed by atoms with E-state index in [0.717, 1.165) is 10.5 Å². The van der Waals surface area contributed by atoms with Crippen LogP contribution in [-0.4, -0.2) is 53.2 Å². The van der Waals surface area contributed by atoms with Crippen LogP contribution in [-0.2, 0) is 9.59 Å². The van der Waals surface area contributed by atoms with Crippen LogP contribution in [0.5, 0.6) is 5.75 Å². The number of ether oxygens (including phenoxy) is 1. The van der Waals surface area contributed by atoms with E-state index in [1.54, 1.807) is 19.1 Å². The molecule has 1 amide bonds. The van der Waals surface area contributed by atoms with Gasteiger partial charge in [0.05, 0.1) is 12.7 Å². The number of carbonyl (C=O) groups is 3. The van der Waals surface area contributed by atoms with Crippen molar-refractivity contribution in [1.29, 1.82) is 0 Å². The average Bonchev–Trinajstić information content (AvgIpc) is 2.36. The number of carboxylic acids is 2. The number of carboxylic acid groups (broad SMARTS) is 2. The first kappa shape index (κ1) is 15.5. The van der Waals surface area contributed by atoms with Gasteiger partial charge in [0.25, 0.3) is 5.91 Å². The zero-order valence-corrected chi connectivity index (χ0v) is 11.1. The fraction of sp³-hybridized carbons (Fsp3) is 0.308. The normalized spacial score (nSPS) is 9.90. The van der Waals surface area contributed by atoms with Crippen molar-refractivity contribution in [3.05, 3.63) is 29.3 Å². The molecule has 1 aromatic rings. The van der Waals surface area contributed by atoms with Gasteiger partial charge in [-0.15, -0.1) is 0 Å². The van der Waals surface area contributed by atoms with Gasteiger partial charge >= 0.3 is 11.9 Å². The smallest absolute Gasteiger partial charge is 0.323 e. The number of aryl methyl sites for hydroxylation is 1. The molecule has 0 spiro atoms. The lowest BCUT2D eigenvalue weighted by Gasteiger charge is -2.20. The molecule has 2 N–H and O–H groups in total. The Morgan fingerprint density at radius 2 is 1.70 bits per heavy atom. The maximum absolute atomic E-state index is 12.3. The third kappa shape index (κ3) is 3.98. The lowest BCUT2D eigenvalue weighted by molar-refractivity contribution is -0.140. The van der Waals surface area contributed by atoms with Gasteiger partial charge in [0.15, 0.2) is 0 Å². The van der Waals surface area contributed by atoms with E-state index in [2.05, 4.69) is 0 Å². The summed E-state index contributed by atoms with van der Waals surface area (Å²) in [5.74, 6) is -3.01. The highest BCUT2D eigenvalue weighted by molar-refractivity contribution is 5.99. The molecule has 0 saturated heterocycles. The second-order valence-electron chi connectivity index (χ2n) is 4.15. The van der Waals surface area contributed by atoms with Gasteiger partial charge in [-0.2, -0.15) is 0 Å². The Morgan fingerprint density at radius 1 is 1.15 bits per heavy atom. The van der Waals surface area contributed by atoms with E-state index in [-0.39, 0.29) is 11.3 Å². The summed E-state index contributed by atoms with van der Waals surface area (Å²) in [6.45, 7) is 0.374. The van der Waals surface area contributed by atoms with Crippen molar-refractivity contribution in [3.8, 4) is 5.75 Å². The molecule has 0 saturated carbocycles. The number of amides is 1. The summed E-state index contributed by atoms with van der Waals surface area (Å²) in [6, 6.07) is 4.83. The molecule has 7 heteroatoms. The molecule has 0 heterocycles. The van der Waals surface area contributed by atoms with Crippen LogP contribution in [0, 0.1) is 6.92 Å². The summed E-state index contributed by atoms with van der Waals surface area (Å²) in [7, 11) is 1.38. The van der Waals surface area contributed by atoms with Gasteiger partial charge in [0, 0.05) is 0 Å². The first-order valence-electron chi connectivity index (χ1n) is 5.72. The zero-order valence-electron chi connectivity index (χ0n) is 11.1. The number of methoxy groups -OCH3 is 1. The highest BCUT2D eigenvalue weighted by Crippen LogP contribution is 2.21. The van der Waals surface area contributed by atoms with Crippen LogP contribution in [0.1, 0.15) is 15.9 Å². The Kier molecular flexibility index (Phi) is 5.08. The number of hydrogen-bond acceptors (Lipinski definition) is 4. The molecule has 0 aliphatic carbocycles. The van der Waals surface area contributed by atoms with Crippen molar-refractivity contribution < 1.29 is 29.3 Å². The van der Waals surface area contributed by atoms with Crippen LogP contribution in [0.2, 0.25) is 0 Å². The Morgan fingerprint density at radius 3 is 2.15 bits per heavy atom. The summed E-state index contributed by atoms with van der Waals surface area (Å²) in [5, 5.41) is 17.5. The van der Waals surface area contributed by atoms with Crippen LogP contribution in [0.15, 0.2) is 18.2 Å². The van der Waals surface area contributed by atoms with E-state index >= 15 is 0 Å². The van der Waals surface area contributed by atoms with E-state index in [1.807, 2.05) is 0 Å². The van der Waals surface area contributed by atoms with E-state index in [4.69, 9.17) is 14.9 Å². The highest BCUT2D eigenvalue weighted by atomic mass is 16.5. The molecule has 108 valence electrons. The molecular weight excluding hydrogens is 266 g/mol. The van der Waals surface area contributed by atoms with E-state index in [0.29, 0.717) is 0 Å². The third-order valence-electron chi connectivity index (χ3n) is 2.52. The van der Waals surface area contributed by atoms with Crippen molar-refractivity contribution in [2.45, 2.75) is 6.92 Å². The van der Waals surface area contributed by atoms with Crippen molar-refractivity contribution in [1.82, 2.24) is 4.90 Å². The summed E-state index contributed by atoms with van der Waals surface area (Å²) >= 11 is 0. The predicted molar refractivity (Wildman–Crippen MR) is 68.9 cm³/mol. The fourth-order valence-electron chi connectivity index (χ4n) is 1.69. The van der Waals surface area contributed by atoms with Crippen molar-refractivity contribution >= 4 is 17.8 Å². The molecule has 1 rings (SSSR count). The number of nitrogens with zero attached hydrogens (tertiary/aromatic N) is 1. The average molecular weight is 281 g/mol. The van der Waals surface area contributed by atoms with Crippen LogP contribution in [0.4, 0.5) is 0 Å². The van der Waals surface area contributed by atoms with Gasteiger partial charge in [-0.1, -0.05) is 11.6 Å². The Balaban J connectivity index is 3.13. The highest BCUT2D eigenvalue weighted by Gasteiger charge is 2.23. The Hall–Kier alpha value is -2.57. The topological polar surface area (TPSA) is 104 Å². The molecule has 0 bridgehead atoms. The maximum Gasteiger partial charge on any atom is 0.323 e. The van der Waals surface area contributed by atoms with Crippen molar-refractivity contribution in [2.75, 3.05) is 20.2 Å². The molecule has 0 aliphatic heterocycles. The van der Waals surface area contributed by atoms with Gasteiger partial charge in [0.1, 0.15) is 18.8 Å². The number of hydrogen-bond donors (Lipinski definition) is 2. The van der Waals surface area contributed by atoms with Crippen LogP contribution < -0.4 is 4.74 Å². The summed E-state index contributed by atoms with van der Waals surface area (Å²) in [6.07, 6.45) is 0. The number of rotatable bonds is 6. The lowest BCUT2D eigenvalue weighted by Crippen LogP contribution is -2.39. The number of carbonyl (C=O) groups excluding carboxylic acids is 1. The molecule has 0 unspecified atom stereocenters. The van der Waals surface area contributed by atoms with Gasteiger partial charge < -0.3 is 19.8 Å². The standard InChI is InChI=1S/C13H15NO6/c1-8-3-4-10(20-2)9(5-8)13(19)14(6-11(15)16)7-12(17)18/h3-5H,6-7H2,1-2H3,(H,15,16)(H,17,18). The molecule has 20 heavy (non-hydrogen) atoms. The van der Waals surface area contributed by atoms with Crippen LogP contribution in [0.3, 0.4) is 0 Å². The van der Waals surface area contributed by atoms with Gasteiger partial charge in [-0.25, -0.2) is 0 Å². The Bertz CT molecular complexity index is 524. The second-order valence-corrected chi connectivity index (χ2v) is 4.15. The van der Waals surface area contributed by atoms with Crippen LogP contribution in [0.25, 0.3) is 0 Å². The number of benzene rings is 1. The van der Waals surface area contributed by atoms with Crippen molar-refractivity contribution in [3.63, 3.8) is 0 Å². The first-order chi connectivity index (χ1) is 9.35. The minimum Gasteiger partial charge on any atom is -0.496 e. The lowest BCUT2D eigenvalue weighted by atomic mass is 10.1. The SMILES string of the molecule is COc1ccc(C)cc1C(=O)N(CC(=O)O)CC(=O)O. The zero-order chi connectivity index (χ0) is 15.3. The van der Waals surface area contributed by atoms with E-state index < -0.39 is 30.9 Å². The molecule has 0 aromatic heterocycles. The van der Waals surface area contributed by atoms with Gasteiger partial charge in [0.2, 0.25) is 0 Å². The monoisotopic (exact) mass is 281 g/mol. The maximum atomic E-state index is 12.3. The van der Waals surface area contributed by atoms with E-state index in [9.17, 15) is 14.4 Å². The van der Waals surface area contributed by atoms with Gasteiger partial charge in [-0.05, 0) is 19.1 Å². The predicted octanol–water partition coefficient (Wildman–Crippen LogP) is 0.615. The largest absolute Gasteiger partial charge is 0.496 e. The van der Waals surface area contributed by atoms with Crippen molar-refractivity contribution in [2.24, 2.45) is 0 Å². The quantitative estimate of drug-likeness (QED) is 0.792. The van der Waals surface area contributed by atoms with Crippen LogP contribution >= 0.6 is 0 Å². The second kappa shape index (κ2) is 6.55. The summed E-state index contributed by atoms with van der Waals surface area (Å²) in [4.78, 5) is 34.5. The first-order valence-corrected chi connectivity index (χ1v) is 5.72. The molecule has 1 aromatic carbocycles. The number of aliphatic carboxylic acids is 2. The minimum absolute atomic E-state index is 0.134. The minimum atomic E-state index is -1.29. The van der Waals surface area contributed by atoms with E-state index in [1.165, 1.54) is 13.2 Å². The molecular formula is C13H15NO6. The molecule has 0 fully saturated rings. The summed E-state index contributed by atoms with van der Waals surface area (Å²) < 4.78 is 5.04. The third-order valence-corrected chi connectivity index (χ3v) is 2.52. The molecule has 7 nitrogen and oxygen atoms in total. The Labute approximate surface area is 115 Å². The molecule has 0 atom stereocenters. The van der Waals surface area contributed by atoms with Gasteiger partial charge in [-0.3, -0.25) is 14.4 Å². The summed E-state index contributed by atoms with van der Waals surface area (Å²) in [5.41, 5.74) is 0.912. The molecule has 0 radical (unpaired) electrons. The molecule has 0 aliphatic rings.